The first-order valence-corrected chi connectivity index (χ1v) is 8.70. The summed E-state index contributed by atoms with van der Waals surface area (Å²) in [5.74, 6) is 0. The molecule has 0 aliphatic carbocycles. The summed E-state index contributed by atoms with van der Waals surface area (Å²) in [4.78, 5) is 5.11. The lowest BCUT2D eigenvalue weighted by molar-refractivity contribution is 0.0469. The number of aryl methyl sites for hydroxylation is 1. The lowest BCUT2D eigenvalue weighted by Gasteiger charge is -2.37. The van der Waals surface area contributed by atoms with Crippen molar-refractivity contribution in [1.82, 2.24) is 4.90 Å². The van der Waals surface area contributed by atoms with Gasteiger partial charge in [-0.1, -0.05) is 31.5 Å². The minimum absolute atomic E-state index is 0.365. The van der Waals surface area contributed by atoms with E-state index in [1.54, 1.807) is 0 Å². The summed E-state index contributed by atoms with van der Waals surface area (Å²) in [5, 5.41) is 0. The molecule has 0 radical (unpaired) electrons. The van der Waals surface area contributed by atoms with Crippen molar-refractivity contribution in [2.24, 2.45) is 5.41 Å². The molecule has 1 atom stereocenters. The maximum absolute atomic E-state index is 5.92. The summed E-state index contributed by atoms with van der Waals surface area (Å²) in [6.07, 6.45) is 2.83. The Morgan fingerprint density at radius 2 is 1.77 bits per heavy atom. The van der Waals surface area contributed by atoms with Crippen LogP contribution in [0.3, 0.4) is 0 Å². The van der Waals surface area contributed by atoms with Gasteiger partial charge in [-0.3, -0.25) is 4.90 Å². The highest BCUT2D eigenvalue weighted by Gasteiger charge is 2.35. The van der Waals surface area contributed by atoms with E-state index < -0.39 is 0 Å². The molecule has 2 saturated heterocycles. The van der Waals surface area contributed by atoms with Gasteiger partial charge in [-0.2, -0.15) is 0 Å². The summed E-state index contributed by atoms with van der Waals surface area (Å²) in [7, 11) is 0. The maximum Gasteiger partial charge on any atom is 0.0639 e. The Hall–Kier alpha value is -1.06. The number of rotatable bonds is 4. The summed E-state index contributed by atoms with van der Waals surface area (Å²) in [6.45, 7) is 13.6. The maximum atomic E-state index is 5.92. The van der Waals surface area contributed by atoms with Crippen LogP contribution in [0.1, 0.15) is 32.3 Å². The minimum Gasteiger partial charge on any atom is -0.378 e. The zero-order valence-corrected chi connectivity index (χ0v) is 14.3. The van der Waals surface area contributed by atoms with Crippen LogP contribution in [0, 0.1) is 12.3 Å². The van der Waals surface area contributed by atoms with Gasteiger partial charge in [0.25, 0.3) is 0 Å². The predicted octanol–water partition coefficient (Wildman–Crippen LogP) is 3.32. The van der Waals surface area contributed by atoms with Crippen LogP contribution in [0.15, 0.2) is 24.3 Å². The molecular weight excluding hydrogens is 272 g/mol. The zero-order chi connectivity index (χ0) is 15.6. The molecule has 2 aliphatic heterocycles. The van der Waals surface area contributed by atoms with Crippen LogP contribution in [0.2, 0.25) is 0 Å². The fourth-order valence-corrected chi connectivity index (χ4v) is 3.61. The number of anilines is 1. The van der Waals surface area contributed by atoms with Gasteiger partial charge >= 0.3 is 0 Å². The van der Waals surface area contributed by atoms with E-state index in [2.05, 4.69) is 54.8 Å². The molecule has 3 heteroatoms. The fourth-order valence-electron chi connectivity index (χ4n) is 3.61. The normalized spacial score (nSPS) is 25.6. The largest absolute Gasteiger partial charge is 0.378 e. The van der Waals surface area contributed by atoms with Gasteiger partial charge in [0.05, 0.1) is 6.10 Å². The van der Waals surface area contributed by atoms with Crippen LogP contribution in [0.25, 0.3) is 0 Å². The van der Waals surface area contributed by atoms with Gasteiger partial charge in [-0.25, -0.2) is 0 Å². The first kappa shape index (κ1) is 15.8. The average Bonchev–Trinajstić information content (AvgIpc) is 2.85. The van der Waals surface area contributed by atoms with Gasteiger partial charge < -0.3 is 9.64 Å². The van der Waals surface area contributed by atoms with Gasteiger partial charge in [0, 0.05) is 45.0 Å². The van der Waals surface area contributed by atoms with Crippen molar-refractivity contribution in [2.45, 2.75) is 39.7 Å². The molecular formula is C19H30N2O. The van der Waals surface area contributed by atoms with Gasteiger partial charge in [0.2, 0.25) is 0 Å². The Morgan fingerprint density at radius 3 is 2.36 bits per heavy atom. The summed E-state index contributed by atoms with van der Waals surface area (Å²) in [6, 6.07) is 8.92. The molecule has 1 unspecified atom stereocenters. The molecule has 1 aromatic carbocycles. The van der Waals surface area contributed by atoms with Crippen molar-refractivity contribution >= 4 is 5.69 Å². The number of piperazine rings is 1. The van der Waals surface area contributed by atoms with Gasteiger partial charge in [0.1, 0.15) is 0 Å². The third kappa shape index (κ3) is 3.64. The molecule has 22 heavy (non-hydrogen) atoms. The molecule has 2 aliphatic rings. The topological polar surface area (TPSA) is 15.7 Å². The van der Waals surface area contributed by atoms with Gasteiger partial charge in [0.15, 0.2) is 0 Å². The first-order valence-electron chi connectivity index (χ1n) is 8.70. The summed E-state index contributed by atoms with van der Waals surface area (Å²) >= 11 is 0. The molecule has 0 spiro atoms. The second-order valence-corrected chi connectivity index (χ2v) is 7.55. The molecule has 0 amide bonds. The molecule has 3 nitrogen and oxygen atoms in total. The molecule has 122 valence electrons. The van der Waals surface area contributed by atoms with Crippen LogP contribution in [-0.4, -0.2) is 50.3 Å². The highest BCUT2D eigenvalue weighted by Crippen LogP contribution is 2.35. The highest BCUT2D eigenvalue weighted by atomic mass is 16.5. The number of hydrogen-bond donors (Lipinski definition) is 0. The standard InChI is InChI=1S/C19H30N2O/c1-16-4-6-17(7-5-16)21-13-11-20(12-14-21)10-8-18-19(2,3)9-15-22-18/h4-7,18H,8-15H2,1-3H3. The summed E-state index contributed by atoms with van der Waals surface area (Å²) < 4.78 is 5.92. The molecule has 2 heterocycles. The van der Waals surface area contributed by atoms with E-state index in [-0.39, 0.29) is 0 Å². The monoisotopic (exact) mass is 302 g/mol. The van der Waals surface area contributed by atoms with E-state index in [0.717, 1.165) is 19.7 Å². The Bertz CT molecular complexity index is 475. The molecule has 2 fully saturated rings. The fraction of sp³-hybridized carbons (Fsp3) is 0.684. The number of ether oxygens (including phenoxy) is 1. The van der Waals surface area contributed by atoms with Crippen molar-refractivity contribution in [2.75, 3.05) is 44.2 Å². The molecule has 0 saturated carbocycles. The van der Waals surface area contributed by atoms with E-state index in [0.29, 0.717) is 11.5 Å². The van der Waals surface area contributed by atoms with Crippen LogP contribution < -0.4 is 4.90 Å². The quantitative estimate of drug-likeness (QED) is 0.848. The Kier molecular flexibility index (Phi) is 4.74. The zero-order valence-electron chi connectivity index (χ0n) is 14.3. The van der Waals surface area contributed by atoms with Crippen molar-refractivity contribution in [1.29, 1.82) is 0 Å². The van der Waals surface area contributed by atoms with Crippen molar-refractivity contribution in [3.8, 4) is 0 Å². The highest BCUT2D eigenvalue weighted by molar-refractivity contribution is 5.47. The van der Waals surface area contributed by atoms with Crippen molar-refractivity contribution in [3.63, 3.8) is 0 Å². The second-order valence-electron chi connectivity index (χ2n) is 7.55. The van der Waals surface area contributed by atoms with Crippen LogP contribution in [0.4, 0.5) is 5.69 Å². The predicted molar refractivity (Wildman–Crippen MR) is 92.6 cm³/mol. The van der Waals surface area contributed by atoms with Crippen molar-refractivity contribution < 1.29 is 4.74 Å². The first-order chi connectivity index (χ1) is 10.5. The van der Waals surface area contributed by atoms with Gasteiger partial charge in [-0.15, -0.1) is 0 Å². The smallest absolute Gasteiger partial charge is 0.0639 e. The number of benzene rings is 1. The Morgan fingerprint density at radius 1 is 1.09 bits per heavy atom. The Balaban J connectivity index is 1.45. The van der Waals surface area contributed by atoms with E-state index >= 15 is 0 Å². The lowest BCUT2D eigenvalue weighted by Crippen LogP contribution is -2.47. The SMILES string of the molecule is Cc1ccc(N2CCN(CCC3OCCC3(C)C)CC2)cc1. The van der Waals surface area contributed by atoms with Crippen LogP contribution >= 0.6 is 0 Å². The number of hydrogen-bond acceptors (Lipinski definition) is 3. The summed E-state index contributed by atoms with van der Waals surface area (Å²) in [5.41, 5.74) is 3.07. The third-order valence-electron chi connectivity index (χ3n) is 5.42. The van der Waals surface area contributed by atoms with E-state index in [1.165, 1.54) is 43.7 Å². The molecule has 3 rings (SSSR count). The van der Waals surface area contributed by atoms with Crippen LogP contribution in [0.5, 0.6) is 0 Å². The van der Waals surface area contributed by atoms with Gasteiger partial charge in [-0.05, 0) is 37.3 Å². The van der Waals surface area contributed by atoms with Crippen molar-refractivity contribution in [3.05, 3.63) is 29.8 Å². The molecule has 1 aromatic rings. The molecule has 0 bridgehead atoms. The van der Waals surface area contributed by atoms with Crippen LogP contribution in [-0.2, 0) is 4.74 Å². The van der Waals surface area contributed by atoms with E-state index in [1.807, 2.05) is 0 Å². The second kappa shape index (κ2) is 6.59. The third-order valence-corrected chi connectivity index (χ3v) is 5.42. The van der Waals surface area contributed by atoms with E-state index in [4.69, 9.17) is 4.74 Å². The lowest BCUT2D eigenvalue weighted by atomic mass is 9.84. The molecule has 0 aromatic heterocycles. The van der Waals surface area contributed by atoms with E-state index in [9.17, 15) is 0 Å². The molecule has 0 N–H and O–H groups in total. The minimum atomic E-state index is 0.365. The Labute approximate surface area is 135 Å². The average molecular weight is 302 g/mol. The number of nitrogens with zero attached hydrogens (tertiary/aromatic N) is 2.